The van der Waals surface area contributed by atoms with Crippen molar-refractivity contribution in [3.8, 4) is 0 Å². The molecule has 1 aliphatic carbocycles. The summed E-state index contributed by atoms with van der Waals surface area (Å²) in [7, 11) is 0. The third kappa shape index (κ3) is 4.26. The number of hydrogen-bond acceptors (Lipinski definition) is 5. The molecule has 2 aromatic heterocycles. The molecule has 0 bridgehead atoms. The minimum atomic E-state index is 0.602. The maximum atomic E-state index is 4.43. The van der Waals surface area contributed by atoms with Crippen molar-refractivity contribution in [2.24, 2.45) is 0 Å². The summed E-state index contributed by atoms with van der Waals surface area (Å²) in [6.45, 7) is 0.907. The first-order valence-electron chi connectivity index (χ1n) is 8.10. The van der Waals surface area contributed by atoms with E-state index >= 15 is 0 Å². The fourth-order valence-electron chi connectivity index (χ4n) is 3.13. The summed E-state index contributed by atoms with van der Waals surface area (Å²) in [5.74, 6) is 1.13. The number of aryl methyl sites for hydroxylation is 1. The molecule has 5 nitrogen and oxygen atoms in total. The smallest absolute Gasteiger partial charge is 0.191 e. The van der Waals surface area contributed by atoms with E-state index in [1.165, 1.54) is 25.7 Å². The van der Waals surface area contributed by atoms with Crippen molar-refractivity contribution in [1.82, 2.24) is 19.7 Å². The summed E-state index contributed by atoms with van der Waals surface area (Å²) in [6.07, 6.45) is 12.9. The second kappa shape index (κ2) is 8.15. The van der Waals surface area contributed by atoms with Crippen LogP contribution in [-0.4, -0.2) is 32.5 Å². The summed E-state index contributed by atoms with van der Waals surface area (Å²) < 4.78 is 3.38. The van der Waals surface area contributed by atoms with Crippen LogP contribution < -0.4 is 5.32 Å². The van der Waals surface area contributed by atoms with Crippen LogP contribution in [0.3, 0.4) is 0 Å². The zero-order chi connectivity index (χ0) is 16.1. The van der Waals surface area contributed by atoms with E-state index in [-0.39, 0.29) is 0 Å². The van der Waals surface area contributed by atoms with E-state index in [0.717, 1.165) is 40.5 Å². The van der Waals surface area contributed by atoms with Crippen molar-refractivity contribution >= 4 is 33.4 Å². The van der Waals surface area contributed by atoms with E-state index in [1.54, 1.807) is 18.0 Å². The molecule has 0 spiro atoms. The molecule has 0 amide bonds. The van der Waals surface area contributed by atoms with Gasteiger partial charge in [-0.2, -0.15) is 0 Å². The van der Waals surface area contributed by atoms with Crippen molar-refractivity contribution in [3.05, 3.63) is 28.8 Å². The van der Waals surface area contributed by atoms with Crippen LogP contribution in [0.4, 0.5) is 5.69 Å². The lowest BCUT2D eigenvalue weighted by molar-refractivity contribution is 0.461. The highest BCUT2D eigenvalue weighted by Crippen LogP contribution is 2.33. The molecule has 124 valence electrons. The van der Waals surface area contributed by atoms with Gasteiger partial charge in [0, 0.05) is 29.7 Å². The molecule has 7 heteroatoms. The lowest BCUT2D eigenvalue weighted by Gasteiger charge is -2.16. The van der Waals surface area contributed by atoms with Gasteiger partial charge in [0.2, 0.25) is 0 Å². The molecule has 1 N–H and O–H groups in total. The van der Waals surface area contributed by atoms with Gasteiger partial charge in [0.05, 0.1) is 11.9 Å². The fourth-order valence-corrected chi connectivity index (χ4v) is 4.07. The molecular formula is C16H22BrN5S. The van der Waals surface area contributed by atoms with Crippen LogP contribution in [-0.2, 0) is 6.42 Å². The Morgan fingerprint density at radius 1 is 1.30 bits per heavy atom. The molecule has 0 atom stereocenters. The van der Waals surface area contributed by atoms with Crippen molar-refractivity contribution in [3.63, 3.8) is 0 Å². The molecule has 0 radical (unpaired) electrons. The molecule has 1 fully saturated rings. The molecule has 0 aromatic carbocycles. The highest BCUT2D eigenvalue weighted by Gasteiger charge is 2.23. The second-order valence-corrected chi connectivity index (χ2v) is 7.52. The Hall–Kier alpha value is -1.08. The molecule has 2 heterocycles. The van der Waals surface area contributed by atoms with E-state index in [0.29, 0.717) is 6.04 Å². The second-order valence-electron chi connectivity index (χ2n) is 5.83. The number of pyridine rings is 1. The Balaban J connectivity index is 1.56. The first-order chi connectivity index (χ1) is 11.3. The number of rotatable bonds is 7. The molecule has 3 rings (SSSR count). The highest BCUT2D eigenvalue weighted by molar-refractivity contribution is 9.10. The van der Waals surface area contributed by atoms with Crippen LogP contribution in [0.2, 0.25) is 0 Å². The lowest BCUT2D eigenvalue weighted by Crippen LogP contribution is -2.12. The molecule has 1 aliphatic rings. The topological polar surface area (TPSA) is 55.6 Å². The van der Waals surface area contributed by atoms with Gasteiger partial charge in [-0.3, -0.25) is 4.98 Å². The molecule has 23 heavy (non-hydrogen) atoms. The van der Waals surface area contributed by atoms with Gasteiger partial charge in [-0.05, 0) is 47.5 Å². The standard InChI is InChI=1S/C16H22BrN5S/c1-23-16-21-20-15(22(16)14-5-2-3-6-14)7-4-8-19-13-9-12(17)10-18-11-13/h9-11,14,19H,2-8H2,1H3. The van der Waals surface area contributed by atoms with Crippen LogP contribution >= 0.6 is 27.7 Å². The van der Waals surface area contributed by atoms with Gasteiger partial charge in [0.25, 0.3) is 0 Å². The van der Waals surface area contributed by atoms with E-state index in [1.807, 2.05) is 12.3 Å². The zero-order valence-corrected chi connectivity index (χ0v) is 15.7. The Labute approximate surface area is 149 Å². The maximum absolute atomic E-state index is 4.43. The predicted molar refractivity (Wildman–Crippen MR) is 98.1 cm³/mol. The summed E-state index contributed by atoms with van der Waals surface area (Å²) in [5, 5.41) is 13.3. The quantitative estimate of drug-likeness (QED) is 0.558. The molecule has 2 aromatic rings. The van der Waals surface area contributed by atoms with E-state index < -0.39 is 0 Å². The monoisotopic (exact) mass is 395 g/mol. The first-order valence-corrected chi connectivity index (χ1v) is 10.1. The van der Waals surface area contributed by atoms with Crippen LogP contribution in [0.1, 0.15) is 44.0 Å². The number of anilines is 1. The molecular weight excluding hydrogens is 374 g/mol. The van der Waals surface area contributed by atoms with Gasteiger partial charge < -0.3 is 9.88 Å². The Morgan fingerprint density at radius 3 is 2.87 bits per heavy atom. The van der Waals surface area contributed by atoms with E-state index in [4.69, 9.17) is 0 Å². The molecule has 0 aliphatic heterocycles. The average Bonchev–Trinajstić information content (AvgIpc) is 3.20. The Bertz CT molecular complexity index is 639. The third-order valence-corrected chi connectivity index (χ3v) is 5.30. The largest absolute Gasteiger partial charge is 0.384 e. The van der Waals surface area contributed by atoms with Crippen LogP contribution in [0, 0.1) is 0 Å². The van der Waals surface area contributed by atoms with Gasteiger partial charge >= 0.3 is 0 Å². The summed E-state index contributed by atoms with van der Waals surface area (Å²) in [6, 6.07) is 2.64. The van der Waals surface area contributed by atoms with Crippen molar-refractivity contribution < 1.29 is 0 Å². The van der Waals surface area contributed by atoms with Crippen LogP contribution in [0.25, 0.3) is 0 Å². The van der Waals surface area contributed by atoms with Gasteiger partial charge in [0.1, 0.15) is 5.82 Å². The third-order valence-electron chi connectivity index (χ3n) is 4.22. The summed E-state index contributed by atoms with van der Waals surface area (Å²) >= 11 is 5.14. The molecule has 0 saturated heterocycles. The van der Waals surface area contributed by atoms with Crippen molar-refractivity contribution in [2.75, 3.05) is 18.1 Å². The number of halogens is 1. The average molecular weight is 396 g/mol. The Kier molecular flexibility index (Phi) is 5.94. The van der Waals surface area contributed by atoms with E-state index in [2.05, 4.69) is 47.3 Å². The van der Waals surface area contributed by atoms with Crippen molar-refractivity contribution in [1.29, 1.82) is 0 Å². The fraction of sp³-hybridized carbons (Fsp3) is 0.562. The molecule has 0 unspecified atom stereocenters. The lowest BCUT2D eigenvalue weighted by atomic mass is 10.2. The van der Waals surface area contributed by atoms with E-state index in [9.17, 15) is 0 Å². The van der Waals surface area contributed by atoms with Gasteiger partial charge in [-0.25, -0.2) is 0 Å². The number of thioether (sulfide) groups is 1. The maximum Gasteiger partial charge on any atom is 0.191 e. The van der Waals surface area contributed by atoms with Gasteiger partial charge in [-0.1, -0.05) is 24.6 Å². The van der Waals surface area contributed by atoms with Crippen LogP contribution in [0.5, 0.6) is 0 Å². The highest BCUT2D eigenvalue weighted by atomic mass is 79.9. The SMILES string of the molecule is CSc1nnc(CCCNc2cncc(Br)c2)n1C1CCCC1. The number of aromatic nitrogens is 4. The first kappa shape index (κ1) is 16.8. The van der Waals surface area contributed by atoms with Crippen molar-refractivity contribution in [2.45, 2.75) is 49.7 Å². The number of nitrogens with zero attached hydrogens (tertiary/aromatic N) is 4. The Morgan fingerprint density at radius 2 is 2.13 bits per heavy atom. The zero-order valence-electron chi connectivity index (χ0n) is 13.3. The summed E-state index contributed by atoms with van der Waals surface area (Å²) in [5.41, 5.74) is 1.04. The number of nitrogens with one attached hydrogen (secondary N) is 1. The normalized spacial score (nSPS) is 15.2. The molecule has 1 saturated carbocycles. The minimum absolute atomic E-state index is 0.602. The number of hydrogen-bond donors (Lipinski definition) is 1. The van der Waals surface area contributed by atoms with Crippen LogP contribution in [0.15, 0.2) is 28.1 Å². The minimum Gasteiger partial charge on any atom is -0.384 e. The summed E-state index contributed by atoms with van der Waals surface area (Å²) in [4.78, 5) is 4.16. The van der Waals surface area contributed by atoms with Gasteiger partial charge in [-0.15, -0.1) is 10.2 Å². The van der Waals surface area contributed by atoms with Gasteiger partial charge in [0.15, 0.2) is 5.16 Å². The predicted octanol–water partition coefficient (Wildman–Crippen LogP) is 4.32.